The van der Waals surface area contributed by atoms with E-state index in [1.54, 1.807) is 20.0 Å². The van der Waals surface area contributed by atoms with Gasteiger partial charge in [-0.05, 0) is 32.0 Å². The fourth-order valence-corrected chi connectivity index (χ4v) is 2.14. The largest absolute Gasteiger partial charge is 0.396 e. The van der Waals surface area contributed by atoms with Crippen LogP contribution >= 0.6 is 15.9 Å². The van der Waals surface area contributed by atoms with E-state index in [0.717, 1.165) is 21.1 Å². The second-order valence-corrected chi connectivity index (χ2v) is 6.27. The van der Waals surface area contributed by atoms with E-state index in [1.807, 2.05) is 18.2 Å². The number of nitrogens with two attached hydrogens (primary N) is 2. The van der Waals surface area contributed by atoms with Gasteiger partial charge in [-0.15, -0.1) is 0 Å². The number of amides is 1. The number of halogens is 1. The number of primary amides is 1. The monoisotopic (exact) mass is 336 g/mol. The number of carbonyl (C=O) groups excluding carboxylic acids is 1. The molecule has 0 saturated carbocycles. The molecule has 0 bridgehead atoms. The van der Waals surface area contributed by atoms with E-state index in [0.29, 0.717) is 12.2 Å². The first-order valence-corrected chi connectivity index (χ1v) is 6.98. The summed E-state index contributed by atoms with van der Waals surface area (Å²) < 4.78 is 0.939. The standard InChI is InChI=1S/C14H17BrN4O/c1-14(2,13(17)20)7-19-12-9-5-8(15)3-4-11(9)18-6-10(12)16/h3-6H,7,16H2,1-2H3,(H2,17,20)(H,18,19). The minimum Gasteiger partial charge on any atom is -0.396 e. The SMILES string of the molecule is CC(C)(CNc1c(N)cnc2ccc(Br)cc12)C(N)=O. The number of rotatable bonds is 4. The lowest BCUT2D eigenvalue weighted by Crippen LogP contribution is -2.37. The van der Waals surface area contributed by atoms with Gasteiger partial charge in [0.05, 0.1) is 28.5 Å². The summed E-state index contributed by atoms with van der Waals surface area (Å²) in [5, 5.41) is 4.12. The van der Waals surface area contributed by atoms with Gasteiger partial charge in [0.1, 0.15) is 0 Å². The maximum Gasteiger partial charge on any atom is 0.224 e. The van der Waals surface area contributed by atoms with Crippen LogP contribution in [-0.4, -0.2) is 17.4 Å². The molecule has 5 nitrogen and oxygen atoms in total. The van der Waals surface area contributed by atoms with Crippen LogP contribution in [0.5, 0.6) is 0 Å². The van der Waals surface area contributed by atoms with Gasteiger partial charge in [0.2, 0.25) is 5.91 Å². The van der Waals surface area contributed by atoms with Crippen LogP contribution in [0.1, 0.15) is 13.8 Å². The number of hydrogen-bond acceptors (Lipinski definition) is 4. The Labute approximate surface area is 125 Å². The van der Waals surface area contributed by atoms with Crippen LogP contribution in [0.4, 0.5) is 11.4 Å². The molecular formula is C14H17BrN4O. The first-order chi connectivity index (χ1) is 9.31. The Hall–Kier alpha value is -1.82. The first kappa shape index (κ1) is 14.6. The number of nitrogens with zero attached hydrogens (tertiary/aromatic N) is 1. The molecule has 0 fully saturated rings. The molecule has 20 heavy (non-hydrogen) atoms. The van der Waals surface area contributed by atoms with Crippen molar-refractivity contribution in [3.8, 4) is 0 Å². The highest BCUT2D eigenvalue weighted by molar-refractivity contribution is 9.10. The van der Waals surface area contributed by atoms with Crippen LogP contribution in [0.25, 0.3) is 10.9 Å². The average molecular weight is 337 g/mol. The number of benzene rings is 1. The molecule has 0 saturated heterocycles. The van der Waals surface area contributed by atoms with Gasteiger partial charge >= 0.3 is 0 Å². The summed E-state index contributed by atoms with van der Waals surface area (Å²) in [5.41, 5.74) is 12.8. The van der Waals surface area contributed by atoms with Crippen LogP contribution in [0.15, 0.2) is 28.9 Å². The Kier molecular flexibility index (Phi) is 3.85. The zero-order valence-corrected chi connectivity index (χ0v) is 13.0. The minimum atomic E-state index is -0.659. The molecule has 5 N–H and O–H groups in total. The van der Waals surface area contributed by atoms with E-state index >= 15 is 0 Å². The zero-order chi connectivity index (χ0) is 14.9. The summed E-state index contributed by atoms with van der Waals surface area (Å²) in [4.78, 5) is 15.7. The van der Waals surface area contributed by atoms with Gasteiger partial charge in [-0.1, -0.05) is 15.9 Å². The lowest BCUT2D eigenvalue weighted by molar-refractivity contribution is -0.125. The van der Waals surface area contributed by atoms with E-state index in [4.69, 9.17) is 11.5 Å². The Morgan fingerprint density at radius 2 is 2.15 bits per heavy atom. The molecule has 1 aromatic heterocycles. The summed E-state index contributed by atoms with van der Waals surface area (Å²) in [7, 11) is 0. The van der Waals surface area contributed by atoms with Gasteiger partial charge in [-0.3, -0.25) is 9.78 Å². The van der Waals surface area contributed by atoms with E-state index in [9.17, 15) is 4.79 Å². The van der Waals surface area contributed by atoms with Gasteiger partial charge in [-0.25, -0.2) is 0 Å². The Bertz CT molecular complexity index is 664. The van der Waals surface area contributed by atoms with Gasteiger partial charge in [0, 0.05) is 16.4 Å². The predicted octanol–water partition coefficient (Wildman–Crippen LogP) is 2.50. The molecule has 1 aromatic carbocycles. The number of pyridine rings is 1. The molecule has 106 valence electrons. The smallest absolute Gasteiger partial charge is 0.224 e. The van der Waals surface area contributed by atoms with Crippen molar-refractivity contribution < 1.29 is 4.79 Å². The molecule has 2 aromatic rings. The zero-order valence-electron chi connectivity index (χ0n) is 11.4. The molecule has 1 amide bonds. The topological polar surface area (TPSA) is 94.0 Å². The third-order valence-corrected chi connectivity index (χ3v) is 3.73. The Morgan fingerprint density at radius 3 is 2.80 bits per heavy atom. The third kappa shape index (κ3) is 2.85. The highest BCUT2D eigenvalue weighted by atomic mass is 79.9. The average Bonchev–Trinajstić information content (AvgIpc) is 2.37. The van der Waals surface area contributed by atoms with Gasteiger partial charge in [-0.2, -0.15) is 0 Å². The first-order valence-electron chi connectivity index (χ1n) is 6.19. The molecule has 0 atom stereocenters. The van der Waals surface area contributed by atoms with Crippen molar-refractivity contribution in [2.24, 2.45) is 11.1 Å². The number of nitrogens with one attached hydrogen (secondary N) is 1. The highest BCUT2D eigenvalue weighted by Gasteiger charge is 2.25. The second kappa shape index (κ2) is 5.28. The number of carbonyl (C=O) groups is 1. The molecule has 0 aliphatic carbocycles. The van der Waals surface area contributed by atoms with Crippen molar-refractivity contribution in [2.75, 3.05) is 17.6 Å². The van der Waals surface area contributed by atoms with Crippen LogP contribution < -0.4 is 16.8 Å². The van der Waals surface area contributed by atoms with Crippen molar-refractivity contribution in [2.45, 2.75) is 13.8 Å². The van der Waals surface area contributed by atoms with Gasteiger partial charge in [0.15, 0.2) is 0 Å². The fourth-order valence-electron chi connectivity index (χ4n) is 1.77. The molecule has 1 heterocycles. The second-order valence-electron chi connectivity index (χ2n) is 5.35. The van der Waals surface area contributed by atoms with Crippen molar-refractivity contribution in [3.63, 3.8) is 0 Å². The maximum atomic E-state index is 11.4. The molecule has 0 aliphatic heterocycles. The number of nitrogen functional groups attached to an aromatic ring is 1. The van der Waals surface area contributed by atoms with Crippen LogP contribution in [0.2, 0.25) is 0 Å². The molecule has 0 aliphatic rings. The van der Waals surface area contributed by atoms with Crippen molar-refractivity contribution >= 4 is 44.1 Å². The third-order valence-electron chi connectivity index (χ3n) is 3.23. The van der Waals surface area contributed by atoms with E-state index < -0.39 is 5.41 Å². The number of anilines is 2. The lowest BCUT2D eigenvalue weighted by Gasteiger charge is -2.22. The quantitative estimate of drug-likeness (QED) is 0.799. The van der Waals surface area contributed by atoms with Crippen LogP contribution in [-0.2, 0) is 4.79 Å². The van der Waals surface area contributed by atoms with E-state index in [1.165, 1.54) is 0 Å². The predicted molar refractivity (Wildman–Crippen MR) is 85.3 cm³/mol. The molecule has 0 radical (unpaired) electrons. The molecule has 0 spiro atoms. The summed E-state index contributed by atoms with van der Waals surface area (Å²) in [6.07, 6.45) is 1.61. The van der Waals surface area contributed by atoms with Crippen molar-refractivity contribution in [3.05, 3.63) is 28.9 Å². The number of aromatic nitrogens is 1. The Morgan fingerprint density at radius 1 is 1.45 bits per heavy atom. The van der Waals surface area contributed by atoms with Crippen LogP contribution in [0.3, 0.4) is 0 Å². The van der Waals surface area contributed by atoms with E-state index in [-0.39, 0.29) is 5.91 Å². The van der Waals surface area contributed by atoms with E-state index in [2.05, 4.69) is 26.2 Å². The Balaban J connectivity index is 2.41. The van der Waals surface area contributed by atoms with Gasteiger partial charge < -0.3 is 16.8 Å². The summed E-state index contributed by atoms with van der Waals surface area (Å²) >= 11 is 3.43. The lowest BCUT2D eigenvalue weighted by atomic mass is 9.92. The molecule has 2 rings (SSSR count). The normalized spacial score (nSPS) is 11.6. The molecule has 6 heteroatoms. The number of fused-ring (bicyclic) bond motifs is 1. The van der Waals surface area contributed by atoms with Crippen molar-refractivity contribution in [1.82, 2.24) is 4.98 Å². The maximum absolute atomic E-state index is 11.4. The van der Waals surface area contributed by atoms with Gasteiger partial charge in [0.25, 0.3) is 0 Å². The summed E-state index contributed by atoms with van der Waals surface area (Å²) in [6, 6.07) is 5.77. The minimum absolute atomic E-state index is 0.358. The molecular weight excluding hydrogens is 320 g/mol. The van der Waals surface area contributed by atoms with Crippen molar-refractivity contribution in [1.29, 1.82) is 0 Å². The summed E-state index contributed by atoms with van der Waals surface area (Å²) in [5.74, 6) is -0.358. The summed E-state index contributed by atoms with van der Waals surface area (Å²) in [6.45, 7) is 3.98. The number of hydrogen-bond donors (Lipinski definition) is 3. The fraction of sp³-hybridized carbons (Fsp3) is 0.286. The van der Waals surface area contributed by atoms with Crippen LogP contribution in [0, 0.1) is 5.41 Å². The highest BCUT2D eigenvalue weighted by Crippen LogP contribution is 2.31. The molecule has 0 unspecified atom stereocenters.